The Hall–Kier alpha value is -0.920. The molecule has 1 nitrogen and oxygen atoms in total. The summed E-state index contributed by atoms with van der Waals surface area (Å²) in [5.74, 6) is 0. The summed E-state index contributed by atoms with van der Waals surface area (Å²) in [5, 5.41) is 3.73. The highest BCUT2D eigenvalue weighted by molar-refractivity contribution is 6.37. The minimum absolute atomic E-state index is 0.322. The van der Waals surface area contributed by atoms with Gasteiger partial charge in [-0.15, -0.1) is 0 Å². The molecule has 0 bridgehead atoms. The van der Waals surface area contributed by atoms with Crippen molar-refractivity contribution in [3.8, 4) is 0 Å². The van der Waals surface area contributed by atoms with E-state index in [-0.39, 0.29) is 5.50 Å². The van der Waals surface area contributed by atoms with Crippen molar-refractivity contribution < 1.29 is 0 Å². The lowest BCUT2D eigenvalue weighted by molar-refractivity contribution is 0.910. The molecule has 1 N–H and O–H groups in total. The number of halogens is 2. The minimum Gasteiger partial charge on any atom is -0.364 e. The van der Waals surface area contributed by atoms with E-state index in [0.717, 1.165) is 11.3 Å². The molecule has 0 fully saturated rings. The molecule has 0 saturated heterocycles. The first-order valence-corrected chi connectivity index (χ1v) is 5.12. The average molecular weight is 226 g/mol. The number of benzene rings is 1. The highest BCUT2D eigenvalue weighted by atomic mass is 35.5. The normalized spacial score (nSPS) is 20.9. The summed E-state index contributed by atoms with van der Waals surface area (Å²) in [6, 6.07) is 10.0. The van der Waals surface area contributed by atoms with Crippen molar-refractivity contribution in [3.63, 3.8) is 0 Å². The molecule has 1 aliphatic heterocycles. The van der Waals surface area contributed by atoms with Crippen LogP contribution in [0.5, 0.6) is 0 Å². The van der Waals surface area contributed by atoms with E-state index in [9.17, 15) is 0 Å². The number of nitrogens with one attached hydrogen (secondary N) is 1. The summed E-state index contributed by atoms with van der Waals surface area (Å²) in [6.45, 7) is 0. The molecule has 0 aromatic heterocycles. The van der Waals surface area contributed by atoms with Crippen molar-refractivity contribution >= 4 is 28.9 Å². The van der Waals surface area contributed by atoms with Crippen LogP contribution in [0, 0.1) is 0 Å². The molecule has 1 unspecified atom stereocenters. The summed E-state index contributed by atoms with van der Waals surface area (Å²) in [7, 11) is 0. The Labute approximate surface area is 93.0 Å². The Balaban J connectivity index is 2.30. The summed E-state index contributed by atoms with van der Waals surface area (Å²) >= 11 is 11.8. The lowest BCUT2D eigenvalue weighted by atomic mass is 10.1. The molecule has 0 amide bonds. The number of rotatable bonds is 1. The van der Waals surface area contributed by atoms with Crippen LogP contribution in [0.2, 0.25) is 0 Å². The fourth-order valence-electron chi connectivity index (χ4n) is 1.30. The Morgan fingerprint density at radius 1 is 1.07 bits per heavy atom. The Morgan fingerprint density at radius 2 is 1.79 bits per heavy atom. The van der Waals surface area contributed by atoms with Crippen LogP contribution in [0.3, 0.4) is 0 Å². The van der Waals surface area contributed by atoms with E-state index in [1.807, 2.05) is 42.5 Å². The second kappa shape index (κ2) is 4.07. The molecule has 1 heterocycles. The summed E-state index contributed by atoms with van der Waals surface area (Å²) < 4.78 is 0. The van der Waals surface area contributed by atoms with Crippen LogP contribution in [0.25, 0.3) is 5.70 Å². The number of dihydropyridines is 1. The SMILES string of the molecule is ClC1=CC=C(c2ccccc2)NC1Cl. The van der Waals surface area contributed by atoms with Crippen LogP contribution in [-0.2, 0) is 0 Å². The van der Waals surface area contributed by atoms with E-state index < -0.39 is 0 Å². The molecule has 1 atom stereocenters. The van der Waals surface area contributed by atoms with E-state index in [0.29, 0.717) is 5.03 Å². The van der Waals surface area contributed by atoms with Crippen molar-refractivity contribution in [1.29, 1.82) is 0 Å². The topological polar surface area (TPSA) is 12.0 Å². The fourth-order valence-corrected chi connectivity index (χ4v) is 1.61. The molecular formula is C11H9Cl2N. The zero-order valence-corrected chi connectivity index (χ0v) is 8.89. The van der Waals surface area contributed by atoms with Crippen molar-refractivity contribution in [2.24, 2.45) is 0 Å². The van der Waals surface area contributed by atoms with Gasteiger partial charge in [-0.1, -0.05) is 53.5 Å². The summed E-state index contributed by atoms with van der Waals surface area (Å²) in [5.41, 5.74) is 1.78. The van der Waals surface area contributed by atoms with Gasteiger partial charge in [0.1, 0.15) is 5.50 Å². The highest BCUT2D eigenvalue weighted by Crippen LogP contribution is 2.22. The third kappa shape index (κ3) is 1.94. The van der Waals surface area contributed by atoms with Crippen LogP contribution in [0.15, 0.2) is 47.5 Å². The summed E-state index contributed by atoms with van der Waals surface area (Å²) in [6.07, 6.45) is 3.74. The molecule has 1 aliphatic rings. The van der Waals surface area contributed by atoms with Crippen LogP contribution >= 0.6 is 23.2 Å². The molecule has 0 radical (unpaired) electrons. The first-order valence-electron chi connectivity index (χ1n) is 4.31. The molecule has 2 rings (SSSR count). The molecule has 0 spiro atoms. The average Bonchev–Trinajstić information content (AvgIpc) is 2.23. The standard InChI is InChI=1S/C11H9Cl2N/c12-9-6-7-10(14-11(9)13)8-4-2-1-3-5-8/h1-7,11,14H. The van der Waals surface area contributed by atoms with Gasteiger partial charge in [-0.05, 0) is 17.7 Å². The molecule has 72 valence electrons. The van der Waals surface area contributed by atoms with Gasteiger partial charge in [-0.3, -0.25) is 0 Å². The van der Waals surface area contributed by atoms with E-state index in [1.165, 1.54) is 0 Å². The van der Waals surface area contributed by atoms with Crippen LogP contribution < -0.4 is 5.32 Å². The monoisotopic (exact) mass is 225 g/mol. The smallest absolute Gasteiger partial charge is 0.138 e. The maximum absolute atomic E-state index is 5.96. The lowest BCUT2D eigenvalue weighted by Gasteiger charge is -2.19. The third-order valence-electron chi connectivity index (χ3n) is 2.02. The second-order valence-electron chi connectivity index (χ2n) is 3.00. The number of hydrogen-bond donors (Lipinski definition) is 1. The molecule has 0 saturated carbocycles. The highest BCUT2D eigenvalue weighted by Gasteiger charge is 2.14. The third-order valence-corrected chi connectivity index (χ3v) is 2.82. The van der Waals surface area contributed by atoms with Crippen molar-refractivity contribution in [1.82, 2.24) is 5.32 Å². The Kier molecular flexibility index (Phi) is 2.80. The van der Waals surface area contributed by atoms with Gasteiger partial charge < -0.3 is 5.32 Å². The van der Waals surface area contributed by atoms with Gasteiger partial charge in [0.15, 0.2) is 0 Å². The van der Waals surface area contributed by atoms with Gasteiger partial charge in [-0.2, -0.15) is 0 Å². The summed E-state index contributed by atoms with van der Waals surface area (Å²) in [4.78, 5) is 0. The number of hydrogen-bond acceptors (Lipinski definition) is 1. The van der Waals surface area contributed by atoms with E-state index in [1.54, 1.807) is 0 Å². The zero-order valence-electron chi connectivity index (χ0n) is 7.37. The predicted molar refractivity (Wildman–Crippen MR) is 61.1 cm³/mol. The molecule has 3 heteroatoms. The van der Waals surface area contributed by atoms with Crippen molar-refractivity contribution in [3.05, 3.63) is 53.1 Å². The molecule has 0 aliphatic carbocycles. The maximum Gasteiger partial charge on any atom is 0.138 e. The van der Waals surface area contributed by atoms with Crippen LogP contribution in [0.1, 0.15) is 5.56 Å². The second-order valence-corrected chi connectivity index (χ2v) is 3.88. The van der Waals surface area contributed by atoms with Gasteiger partial charge in [0, 0.05) is 5.70 Å². The number of alkyl halides is 1. The van der Waals surface area contributed by atoms with Gasteiger partial charge >= 0.3 is 0 Å². The van der Waals surface area contributed by atoms with Gasteiger partial charge in [0.05, 0.1) is 5.03 Å². The Morgan fingerprint density at radius 3 is 2.43 bits per heavy atom. The van der Waals surface area contributed by atoms with Gasteiger partial charge in [0.25, 0.3) is 0 Å². The molecule has 14 heavy (non-hydrogen) atoms. The van der Waals surface area contributed by atoms with Crippen LogP contribution in [-0.4, -0.2) is 5.50 Å². The van der Waals surface area contributed by atoms with Gasteiger partial charge in [0.2, 0.25) is 0 Å². The molecular weight excluding hydrogens is 217 g/mol. The van der Waals surface area contributed by atoms with Crippen molar-refractivity contribution in [2.45, 2.75) is 5.50 Å². The Bertz CT molecular complexity index is 382. The van der Waals surface area contributed by atoms with Crippen molar-refractivity contribution in [2.75, 3.05) is 0 Å². The molecule has 1 aromatic rings. The van der Waals surface area contributed by atoms with Gasteiger partial charge in [-0.25, -0.2) is 0 Å². The number of allylic oxidation sites excluding steroid dienone is 2. The van der Waals surface area contributed by atoms with Crippen LogP contribution in [0.4, 0.5) is 0 Å². The molecule has 1 aromatic carbocycles. The first-order chi connectivity index (χ1) is 6.77. The van der Waals surface area contributed by atoms with E-state index in [2.05, 4.69) is 5.32 Å². The maximum atomic E-state index is 5.96. The zero-order chi connectivity index (χ0) is 9.97. The van der Waals surface area contributed by atoms with E-state index >= 15 is 0 Å². The minimum atomic E-state index is -0.322. The predicted octanol–water partition coefficient (Wildman–Crippen LogP) is 3.32. The first kappa shape index (κ1) is 9.63. The largest absolute Gasteiger partial charge is 0.364 e. The fraction of sp³-hybridized carbons (Fsp3) is 0.0909. The lowest BCUT2D eigenvalue weighted by Crippen LogP contribution is -2.24. The quantitative estimate of drug-likeness (QED) is 0.572. The van der Waals surface area contributed by atoms with E-state index in [4.69, 9.17) is 23.2 Å².